The number of rotatable bonds is 5. The Morgan fingerprint density at radius 2 is 2.25 bits per heavy atom. The molecule has 0 aromatic carbocycles. The molecule has 130 valence electrons. The topological polar surface area (TPSA) is 49.6 Å². The van der Waals surface area contributed by atoms with Gasteiger partial charge in [0.05, 0.1) is 0 Å². The first-order valence-corrected chi connectivity index (χ1v) is 8.60. The van der Waals surface area contributed by atoms with E-state index in [4.69, 9.17) is 0 Å². The van der Waals surface area contributed by atoms with Crippen LogP contribution in [0.15, 0.2) is 18.2 Å². The van der Waals surface area contributed by atoms with E-state index in [1.165, 1.54) is 4.40 Å². The fourth-order valence-corrected chi connectivity index (χ4v) is 3.44. The Kier molecular flexibility index (Phi) is 4.85. The first-order valence-electron chi connectivity index (χ1n) is 8.60. The van der Waals surface area contributed by atoms with Gasteiger partial charge in [0.15, 0.2) is 5.69 Å². The van der Waals surface area contributed by atoms with E-state index >= 15 is 0 Å². The van der Waals surface area contributed by atoms with Crippen molar-refractivity contribution < 1.29 is 9.18 Å². The highest BCUT2D eigenvalue weighted by atomic mass is 19.1. The highest BCUT2D eigenvalue weighted by Gasteiger charge is 2.25. The van der Waals surface area contributed by atoms with E-state index in [-0.39, 0.29) is 5.69 Å². The van der Waals surface area contributed by atoms with Crippen LogP contribution in [0.5, 0.6) is 0 Å². The third-order valence-corrected chi connectivity index (χ3v) is 4.54. The number of likely N-dealkylation sites (tertiary alicyclic amines) is 1. The largest absolute Gasteiger partial charge is 0.350 e. The lowest BCUT2D eigenvalue weighted by Crippen LogP contribution is -2.32. The van der Waals surface area contributed by atoms with Gasteiger partial charge in [0, 0.05) is 25.3 Å². The summed E-state index contributed by atoms with van der Waals surface area (Å²) in [6.45, 7) is 9.93. The summed E-state index contributed by atoms with van der Waals surface area (Å²) in [5.41, 5.74) is 1.06. The summed E-state index contributed by atoms with van der Waals surface area (Å²) in [5, 5.41) is 2.85. The molecule has 1 aliphatic heterocycles. The molecule has 1 amide bonds. The Morgan fingerprint density at radius 1 is 1.46 bits per heavy atom. The van der Waals surface area contributed by atoms with Gasteiger partial charge in [0.1, 0.15) is 5.65 Å². The molecule has 3 heterocycles. The molecule has 24 heavy (non-hydrogen) atoms. The van der Waals surface area contributed by atoms with Crippen LogP contribution in [0.3, 0.4) is 0 Å². The van der Waals surface area contributed by atoms with E-state index in [0.717, 1.165) is 31.7 Å². The predicted molar refractivity (Wildman–Crippen MR) is 91.6 cm³/mol. The van der Waals surface area contributed by atoms with Crippen LogP contribution in [-0.2, 0) is 0 Å². The Hall–Kier alpha value is -1.95. The van der Waals surface area contributed by atoms with Crippen molar-refractivity contribution in [2.75, 3.05) is 26.2 Å². The highest BCUT2D eigenvalue weighted by Crippen LogP contribution is 2.17. The van der Waals surface area contributed by atoms with Crippen molar-refractivity contribution in [1.82, 2.24) is 19.6 Å². The standard InChI is InChI=1S/C18H25FN4O/c1-12(2)10-22-8-7-14(11-22)9-20-18(24)16-17(19)23-13(3)5-4-6-15(23)21-16/h4-6,12,14H,7-11H2,1-3H3,(H,20,24). The predicted octanol–water partition coefficient (Wildman–Crippen LogP) is 2.49. The molecule has 1 aliphatic rings. The Labute approximate surface area is 141 Å². The molecule has 3 rings (SSSR count). The molecule has 2 aromatic heterocycles. The summed E-state index contributed by atoms with van der Waals surface area (Å²) < 4.78 is 15.8. The number of hydrogen-bond acceptors (Lipinski definition) is 3. The van der Waals surface area contributed by atoms with Crippen LogP contribution in [0, 0.1) is 24.7 Å². The maximum Gasteiger partial charge on any atom is 0.274 e. The first-order chi connectivity index (χ1) is 11.5. The van der Waals surface area contributed by atoms with Crippen LogP contribution in [-0.4, -0.2) is 46.4 Å². The molecule has 1 atom stereocenters. The molecule has 1 unspecified atom stereocenters. The quantitative estimate of drug-likeness (QED) is 0.915. The zero-order chi connectivity index (χ0) is 17.3. The number of halogens is 1. The monoisotopic (exact) mass is 332 g/mol. The second kappa shape index (κ2) is 6.89. The first kappa shape index (κ1) is 16.9. The fourth-order valence-electron chi connectivity index (χ4n) is 3.44. The number of nitrogens with one attached hydrogen (secondary N) is 1. The molecule has 1 fully saturated rings. The fraction of sp³-hybridized carbons (Fsp3) is 0.556. The minimum Gasteiger partial charge on any atom is -0.350 e. The maximum atomic E-state index is 14.5. The summed E-state index contributed by atoms with van der Waals surface area (Å²) in [6, 6.07) is 5.30. The lowest BCUT2D eigenvalue weighted by Gasteiger charge is -2.18. The normalized spacial score (nSPS) is 18.6. The zero-order valence-corrected chi connectivity index (χ0v) is 14.6. The van der Waals surface area contributed by atoms with Gasteiger partial charge in [-0.2, -0.15) is 4.39 Å². The lowest BCUT2D eigenvalue weighted by atomic mass is 10.1. The second-order valence-electron chi connectivity index (χ2n) is 7.13. The Morgan fingerprint density at radius 3 is 2.96 bits per heavy atom. The van der Waals surface area contributed by atoms with Gasteiger partial charge in [0.25, 0.3) is 5.91 Å². The number of carbonyl (C=O) groups excluding carboxylic acids is 1. The second-order valence-corrected chi connectivity index (χ2v) is 7.13. The highest BCUT2D eigenvalue weighted by molar-refractivity contribution is 5.93. The van der Waals surface area contributed by atoms with Gasteiger partial charge < -0.3 is 10.2 Å². The van der Waals surface area contributed by atoms with Gasteiger partial charge in [-0.05, 0) is 43.9 Å². The summed E-state index contributed by atoms with van der Waals surface area (Å²) in [7, 11) is 0. The molecule has 0 radical (unpaired) electrons. The molecule has 0 bridgehead atoms. The number of nitrogens with zero attached hydrogens (tertiary/aromatic N) is 3. The number of pyridine rings is 1. The van der Waals surface area contributed by atoms with Crippen LogP contribution >= 0.6 is 0 Å². The van der Waals surface area contributed by atoms with E-state index in [2.05, 4.69) is 29.0 Å². The van der Waals surface area contributed by atoms with Crippen molar-refractivity contribution >= 4 is 11.6 Å². The smallest absolute Gasteiger partial charge is 0.274 e. The molecule has 0 spiro atoms. The zero-order valence-electron chi connectivity index (χ0n) is 14.6. The van der Waals surface area contributed by atoms with Gasteiger partial charge >= 0.3 is 0 Å². The third-order valence-electron chi connectivity index (χ3n) is 4.54. The number of hydrogen-bond donors (Lipinski definition) is 1. The van der Waals surface area contributed by atoms with Gasteiger partial charge in [-0.3, -0.25) is 9.20 Å². The Bertz CT molecular complexity index is 740. The summed E-state index contributed by atoms with van der Waals surface area (Å²) in [4.78, 5) is 18.9. The van der Waals surface area contributed by atoms with Crippen LogP contribution in [0.4, 0.5) is 4.39 Å². The van der Waals surface area contributed by atoms with Gasteiger partial charge in [-0.25, -0.2) is 4.98 Å². The lowest BCUT2D eigenvalue weighted by molar-refractivity contribution is 0.0938. The molecular formula is C18H25FN4O. The maximum absolute atomic E-state index is 14.5. The number of aromatic nitrogens is 2. The van der Waals surface area contributed by atoms with Crippen molar-refractivity contribution in [3.8, 4) is 0 Å². The molecular weight excluding hydrogens is 307 g/mol. The van der Waals surface area contributed by atoms with Gasteiger partial charge in [-0.15, -0.1) is 0 Å². The molecule has 2 aromatic rings. The van der Waals surface area contributed by atoms with Crippen LogP contribution < -0.4 is 5.32 Å². The summed E-state index contributed by atoms with van der Waals surface area (Å²) in [6.07, 6.45) is 1.07. The van der Waals surface area contributed by atoms with Crippen molar-refractivity contribution in [2.45, 2.75) is 27.2 Å². The molecule has 5 nitrogen and oxygen atoms in total. The van der Waals surface area contributed by atoms with Crippen LogP contribution in [0.25, 0.3) is 5.65 Å². The van der Waals surface area contributed by atoms with E-state index in [9.17, 15) is 9.18 Å². The number of carbonyl (C=O) groups is 1. The van der Waals surface area contributed by atoms with Crippen LogP contribution in [0.1, 0.15) is 36.5 Å². The SMILES string of the molecule is Cc1cccc2nc(C(=O)NCC3CCN(CC(C)C)C3)c(F)n12. The van der Waals surface area contributed by atoms with Gasteiger partial charge in [-0.1, -0.05) is 19.9 Å². The molecule has 0 saturated carbocycles. The number of fused-ring (bicyclic) bond motifs is 1. The number of amides is 1. The Balaban J connectivity index is 1.62. The third kappa shape index (κ3) is 3.43. The number of imidazole rings is 1. The average molecular weight is 332 g/mol. The van der Waals surface area contributed by atoms with Crippen molar-refractivity contribution in [2.24, 2.45) is 11.8 Å². The summed E-state index contributed by atoms with van der Waals surface area (Å²) in [5.74, 6) is 0.0505. The van der Waals surface area contributed by atoms with Crippen molar-refractivity contribution in [3.05, 3.63) is 35.5 Å². The minimum atomic E-state index is -0.589. The minimum absolute atomic E-state index is 0.124. The van der Waals surface area contributed by atoms with E-state index in [1.807, 2.05) is 0 Å². The molecule has 1 saturated heterocycles. The van der Waals surface area contributed by atoms with Crippen molar-refractivity contribution in [3.63, 3.8) is 0 Å². The number of aryl methyl sites for hydroxylation is 1. The molecule has 1 N–H and O–H groups in total. The average Bonchev–Trinajstić information content (AvgIpc) is 3.10. The van der Waals surface area contributed by atoms with E-state index < -0.39 is 11.9 Å². The van der Waals surface area contributed by atoms with Crippen LogP contribution in [0.2, 0.25) is 0 Å². The summed E-state index contributed by atoms with van der Waals surface area (Å²) >= 11 is 0. The molecule has 6 heteroatoms. The van der Waals surface area contributed by atoms with Gasteiger partial charge in [0.2, 0.25) is 5.95 Å². The van der Waals surface area contributed by atoms with E-state index in [0.29, 0.717) is 24.0 Å². The molecule has 0 aliphatic carbocycles. The van der Waals surface area contributed by atoms with Crippen molar-refractivity contribution in [1.29, 1.82) is 0 Å². The van der Waals surface area contributed by atoms with E-state index in [1.54, 1.807) is 25.1 Å².